The number of carbonyl (C=O) groups is 1. The molecule has 0 radical (unpaired) electrons. The van der Waals surface area contributed by atoms with Crippen molar-refractivity contribution < 1.29 is 4.79 Å². The Bertz CT molecular complexity index is 621. The SMILES string of the molecule is Cc1ccc(NC(=O)c2cc(Cl)cc(Cl)n2)cc1C. The number of anilines is 1. The van der Waals surface area contributed by atoms with E-state index >= 15 is 0 Å². The zero-order valence-corrected chi connectivity index (χ0v) is 12.0. The molecule has 0 aliphatic heterocycles. The molecule has 0 fully saturated rings. The Kier molecular flexibility index (Phi) is 4.08. The number of aryl methyl sites for hydroxylation is 2. The third kappa shape index (κ3) is 3.46. The van der Waals surface area contributed by atoms with Crippen molar-refractivity contribution >= 4 is 34.8 Å². The van der Waals surface area contributed by atoms with Crippen LogP contribution in [0.5, 0.6) is 0 Å². The van der Waals surface area contributed by atoms with Crippen LogP contribution < -0.4 is 5.32 Å². The van der Waals surface area contributed by atoms with Crippen molar-refractivity contribution in [1.82, 2.24) is 4.98 Å². The van der Waals surface area contributed by atoms with Crippen LogP contribution in [-0.4, -0.2) is 10.9 Å². The first-order valence-electron chi connectivity index (χ1n) is 5.67. The minimum absolute atomic E-state index is 0.190. The van der Waals surface area contributed by atoms with E-state index in [0.717, 1.165) is 5.56 Å². The Balaban J connectivity index is 2.22. The molecule has 1 N–H and O–H groups in total. The van der Waals surface area contributed by atoms with Gasteiger partial charge >= 0.3 is 0 Å². The molecule has 1 amide bonds. The average Bonchev–Trinajstić information content (AvgIpc) is 2.32. The summed E-state index contributed by atoms with van der Waals surface area (Å²) in [6.07, 6.45) is 0. The maximum atomic E-state index is 12.0. The van der Waals surface area contributed by atoms with Gasteiger partial charge in [-0.25, -0.2) is 4.98 Å². The monoisotopic (exact) mass is 294 g/mol. The van der Waals surface area contributed by atoms with Crippen LogP contribution in [0.2, 0.25) is 10.2 Å². The standard InChI is InChI=1S/C14H12Cl2N2O/c1-8-3-4-11(5-9(8)2)17-14(19)12-6-10(15)7-13(16)18-12/h3-7H,1-2H3,(H,17,19). The number of halogens is 2. The summed E-state index contributed by atoms with van der Waals surface area (Å²) in [5.74, 6) is -0.340. The van der Waals surface area contributed by atoms with Gasteiger partial charge in [-0.1, -0.05) is 29.3 Å². The molecule has 19 heavy (non-hydrogen) atoms. The highest BCUT2D eigenvalue weighted by Gasteiger charge is 2.10. The van der Waals surface area contributed by atoms with Crippen molar-refractivity contribution in [3.63, 3.8) is 0 Å². The molecular weight excluding hydrogens is 283 g/mol. The molecule has 0 saturated heterocycles. The van der Waals surface area contributed by atoms with Crippen LogP contribution in [0.4, 0.5) is 5.69 Å². The quantitative estimate of drug-likeness (QED) is 0.841. The predicted octanol–water partition coefficient (Wildman–Crippen LogP) is 4.26. The van der Waals surface area contributed by atoms with Gasteiger partial charge in [-0.2, -0.15) is 0 Å². The number of nitrogens with one attached hydrogen (secondary N) is 1. The van der Waals surface area contributed by atoms with E-state index in [0.29, 0.717) is 10.7 Å². The Hall–Kier alpha value is -1.58. The summed E-state index contributed by atoms with van der Waals surface area (Å²) in [4.78, 5) is 16.0. The Labute approximate surface area is 121 Å². The molecule has 0 saturated carbocycles. The lowest BCUT2D eigenvalue weighted by Gasteiger charge is -2.07. The summed E-state index contributed by atoms with van der Waals surface area (Å²) in [5, 5.41) is 3.33. The van der Waals surface area contributed by atoms with Crippen molar-refractivity contribution in [2.45, 2.75) is 13.8 Å². The zero-order valence-electron chi connectivity index (χ0n) is 10.5. The number of hydrogen-bond donors (Lipinski definition) is 1. The van der Waals surface area contributed by atoms with Gasteiger partial charge in [0.25, 0.3) is 5.91 Å². The van der Waals surface area contributed by atoms with E-state index in [4.69, 9.17) is 23.2 Å². The third-order valence-corrected chi connectivity index (χ3v) is 3.17. The molecule has 2 aromatic rings. The first-order chi connectivity index (χ1) is 8.95. The van der Waals surface area contributed by atoms with Gasteiger partial charge in [0.15, 0.2) is 0 Å². The molecule has 0 aliphatic rings. The number of carbonyl (C=O) groups excluding carboxylic acids is 1. The lowest BCUT2D eigenvalue weighted by molar-refractivity contribution is 0.102. The molecule has 1 aromatic carbocycles. The van der Waals surface area contributed by atoms with Gasteiger partial charge in [0.1, 0.15) is 10.8 Å². The van der Waals surface area contributed by atoms with Crippen molar-refractivity contribution in [3.05, 3.63) is 57.3 Å². The molecule has 1 heterocycles. The maximum Gasteiger partial charge on any atom is 0.274 e. The van der Waals surface area contributed by atoms with Crippen molar-refractivity contribution in [2.75, 3.05) is 5.32 Å². The molecule has 0 aliphatic carbocycles. The number of amides is 1. The van der Waals surface area contributed by atoms with Gasteiger partial charge in [0.2, 0.25) is 0 Å². The van der Waals surface area contributed by atoms with Gasteiger partial charge in [-0.15, -0.1) is 0 Å². The van der Waals surface area contributed by atoms with E-state index in [-0.39, 0.29) is 16.8 Å². The minimum Gasteiger partial charge on any atom is -0.321 e. The average molecular weight is 295 g/mol. The predicted molar refractivity (Wildman–Crippen MR) is 78.1 cm³/mol. The Morgan fingerprint density at radius 3 is 2.47 bits per heavy atom. The highest BCUT2D eigenvalue weighted by atomic mass is 35.5. The molecule has 1 aromatic heterocycles. The second-order valence-electron chi connectivity index (χ2n) is 4.25. The lowest BCUT2D eigenvalue weighted by atomic mass is 10.1. The fraction of sp³-hybridized carbons (Fsp3) is 0.143. The number of rotatable bonds is 2. The number of hydrogen-bond acceptors (Lipinski definition) is 2. The first kappa shape index (κ1) is 13.8. The van der Waals surface area contributed by atoms with Gasteiger partial charge < -0.3 is 5.32 Å². The number of benzene rings is 1. The normalized spacial score (nSPS) is 10.3. The highest BCUT2D eigenvalue weighted by Crippen LogP contribution is 2.18. The summed E-state index contributed by atoms with van der Waals surface area (Å²) >= 11 is 11.6. The molecule has 0 spiro atoms. The summed E-state index contributed by atoms with van der Waals surface area (Å²) in [5.41, 5.74) is 3.18. The topological polar surface area (TPSA) is 42.0 Å². The highest BCUT2D eigenvalue weighted by molar-refractivity contribution is 6.34. The van der Waals surface area contributed by atoms with Crippen LogP contribution in [0.15, 0.2) is 30.3 Å². The molecule has 0 atom stereocenters. The summed E-state index contributed by atoms with van der Waals surface area (Å²) < 4.78 is 0. The summed E-state index contributed by atoms with van der Waals surface area (Å²) in [7, 11) is 0. The third-order valence-electron chi connectivity index (χ3n) is 2.76. The van der Waals surface area contributed by atoms with Crippen LogP contribution in [0, 0.1) is 13.8 Å². The lowest BCUT2D eigenvalue weighted by Crippen LogP contribution is -2.13. The second kappa shape index (κ2) is 5.59. The van der Waals surface area contributed by atoms with Crippen molar-refractivity contribution in [3.8, 4) is 0 Å². The molecule has 0 unspecified atom stereocenters. The van der Waals surface area contributed by atoms with Gasteiger partial charge in [-0.3, -0.25) is 4.79 Å². The summed E-state index contributed by atoms with van der Waals surface area (Å²) in [6.45, 7) is 4.00. The van der Waals surface area contributed by atoms with E-state index in [2.05, 4.69) is 10.3 Å². The zero-order chi connectivity index (χ0) is 14.0. The van der Waals surface area contributed by atoms with Crippen molar-refractivity contribution in [1.29, 1.82) is 0 Å². The fourth-order valence-electron chi connectivity index (χ4n) is 1.60. The molecule has 5 heteroatoms. The smallest absolute Gasteiger partial charge is 0.274 e. The van der Waals surface area contributed by atoms with Gasteiger partial charge in [0, 0.05) is 10.7 Å². The molecular formula is C14H12Cl2N2O. The van der Waals surface area contributed by atoms with E-state index in [9.17, 15) is 4.79 Å². The molecule has 98 valence electrons. The molecule has 3 nitrogen and oxygen atoms in total. The van der Waals surface area contributed by atoms with Crippen LogP contribution in [0.3, 0.4) is 0 Å². The van der Waals surface area contributed by atoms with Crippen LogP contribution in [0.1, 0.15) is 21.6 Å². The van der Waals surface area contributed by atoms with Crippen LogP contribution in [0.25, 0.3) is 0 Å². The number of nitrogens with zero attached hydrogens (tertiary/aromatic N) is 1. The molecule has 0 bridgehead atoms. The van der Waals surface area contributed by atoms with Crippen molar-refractivity contribution in [2.24, 2.45) is 0 Å². The van der Waals surface area contributed by atoms with E-state index in [1.54, 1.807) is 0 Å². The van der Waals surface area contributed by atoms with Crippen LogP contribution >= 0.6 is 23.2 Å². The molecule has 2 rings (SSSR count). The van der Waals surface area contributed by atoms with Gasteiger partial charge in [0.05, 0.1) is 0 Å². The van der Waals surface area contributed by atoms with Crippen LogP contribution in [-0.2, 0) is 0 Å². The van der Waals surface area contributed by atoms with E-state index < -0.39 is 0 Å². The Morgan fingerprint density at radius 1 is 1.11 bits per heavy atom. The largest absolute Gasteiger partial charge is 0.321 e. The van der Waals surface area contributed by atoms with E-state index in [1.165, 1.54) is 17.7 Å². The Morgan fingerprint density at radius 2 is 1.84 bits per heavy atom. The fourth-order valence-corrected chi connectivity index (χ4v) is 2.07. The summed E-state index contributed by atoms with van der Waals surface area (Å²) in [6, 6.07) is 8.65. The number of aromatic nitrogens is 1. The van der Waals surface area contributed by atoms with E-state index in [1.807, 2.05) is 32.0 Å². The first-order valence-corrected chi connectivity index (χ1v) is 6.43. The second-order valence-corrected chi connectivity index (χ2v) is 5.07. The number of pyridine rings is 1. The van der Waals surface area contributed by atoms with Gasteiger partial charge in [-0.05, 0) is 49.2 Å². The minimum atomic E-state index is -0.340. The maximum absolute atomic E-state index is 12.0.